The highest BCUT2D eigenvalue weighted by atomic mass is 19.1. The Bertz CT molecular complexity index is 588. The van der Waals surface area contributed by atoms with Gasteiger partial charge in [0.2, 0.25) is 5.95 Å². The number of hydrogen-bond acceptors (Lipinski definition) is 7. The van der Waals surface area contributed by atoms with Gasteiger partial charge in [0.05, 0.1) is 24.9 Å². The number of anilines is 1. The SMILES string of the molecule is COCCN1C[C@H](C(=O)O)CN2CCN(c3ncc(F)cn3)C[C@@H]2C1. The van der Waals surface area contributed by atoms with E-state index in [2.05, 4.69) is 19.8 Å². The fraction of sp³-hybridized carbons (Fsp3) is 0.688. The second-order valence-corrected chi connectivity index (χ2v) is 6.58. The monoisotopic (exact) mass is 353 g/mol. The molecule has 0 radical (unpaired) electrons. The molecule has 9 heteroatoms. The highest BCUT2D eigenvalue weighted by Crippen LogP contribution is 2.21. The van der Waals surface area contributed by atoms with Crippen LogP contribution in [0.25, 0.3) is 0 Å². The fourth-order valence-electron chi connectivity index (χ4n) is 3.54. The standard InChI is InChI=1S/C16H24FN5O3/c1-25-5-4-20-8-12(15(23)24)9-21-2-3-22(11-14(21)10-20)16-18-6-13(17)7-19-16/h6-7,12,14H,2-5,8-11H2,1H3,(H,23,24)/t12-,14-/m0/s1. The molecule has 0 amide bonds. The summed E-state index contributed by atoms with van der Waals surface area (Å²) in [5.74, 6) is -1.10. The normalized spacial score (nSPS) is 25.4. The van der Waals surface area contributed by atoms with E-state index < -0.39 is 17.7 Å². The Morgan fingerprint density at radius 1 is 1.28 bits per heavy atom. The first-order valence-electron chi connectivity index (χ1n) is 8.47. The van der Waals surface area contributed by atoms with Gasteiger partial charge in [0, 0.05) is 59.0 Å². The Kier molecular flexibility index (Phi) is 5.77. The highest BCUT2D eigenvalue weighted by molar-refractivity contribution is 5.70. The summed E-state index contributed by atoms with van der Waals surface area (Å²) in [7, 11) is 1.65. The molecule has 0 saturated carbocycles. The first-order valence-corrected chi connectivity index (χ1v) is 8.47. The van der Waals surface area contributed by atoms with E-state index in [9.17, 15) is 14.3 Å². The van der Waals surface area contributed by atoms with Crippen molar-refractivity contribution in [2.45, 2.75) is 6.04 Å². The van der Waals surface area contributed by atoms with Crippen molar-refractivity contribution in [3.8, 4) is 0 Å². The molecule has 0 aliphatic carbocycles. The number of nitrogens with zero attached hydrogens (tertiary/aromatic N) is 5. The minimum absolute atomic E-state index is 0.184. The molecule has 3 rings (SSSR count). The highest BCUT2D eigenvalue weighted by Gasteiger charge is 2.36. The number of aromatic nitrogens is 2. The number of fused-ring (bicyclic) bond motifs is 1. The second kappa shape index (κ2) is 8.03. The van der Waals surface area contributed by atoms with Crippen LogP contribution in [0.2, 0.25) is 0 Å². The number of carbonyl (C=O) groups is 1. The van der Waals surface area contributed by atoms with Gasteiger partial charge >= 0.3 is 5.97 Å². The molecule has 2 fully saturated rings. The summed E-state index contributed by atoms with van der Waals surface area (Å²) < 4.78 is 18.2. The van der Waals surface area contributed by atoms with Crippen LogP contribution in [0.4, 0.5) is 10.3 Å². The van der Waals surface area contributed by atoms with E-state index in [4.69, 9.17) is 4.74 Å². The Morgan fingerprint density at radius 3 is 2.72 bits per heavy atom. The van der Waals surface area contributed by atoms with Gasteiger partial charge in [-0.15, -0.1) is 0 Å². The van der Waals surface area contributed by atoms with Crippen molar-refractivity contribution in [1.29, 1.82) is 0 Å². The summed E-state index contributed by atoms with van der Waals surface area (Å²) in [5, 5.41) is 9.50. The number of rotatable bonds is 5. The van der Waals surface area contributed by atoms with Crippen LogP contribution in [0.5, 0.6) is 0 Å². The number of carboxylic acid groups (broad SMARTS) is 1. The lowest BCUT2D eigenvalue weighted by Crippen LogP contribution is -2.56. The van der Waals surface area contributed by atoms with Crippen LogP contribution in [-0.4, -0.2) is 96.4 Å². The Labute approximate surface area is 146 Å². The van der Waals surface area contributed by atoms with Crippen LogP contribution >= 0.6 is 0 Å². The fourth-order valence-corrected chi connectivity index (χ4v) is 3.54. The van der Waals surface area contributed by atoms with E-state index in [1.807, 2.05) is 4.90 Å². The van der Waals surface area contributed by atoms with Crippen molar-refractivity contribution in [3.63, 3.8) is 0 Å². The van der Waals surface area contributed by atoms with Gasteiger partial charge in [-0.1, -0.05) is 0 Å². The summed E-state index contributed by atoms with van der Waals surface area (Å²) in [6, 6.07) is 0.184. The molecule has 8 nitrogen and oxygen atoms in total. The van der Waals surface area contributed by atoms with E-state index in [-0.39, 0.29) is 6.04 Å². The maximum absolute atomic E-state index is 13.0. The number of ether oxygens (including phenoxy) is 1. The van der Waals surface area contributed by atoms with Crippen LogP contribution < -0.4 is 4.90 Å². The van der Waals surface area contributed by atoms with E-state index in [0.717, 1.165) is 13.1 Å². The molecule has 2 aliphatic rings. The number of hydrogen-bond donors (Lipinski definition) is 1. The Morgan fingerprint density at radius 2 is 2.04 bits per heavy atom. The number of methoxy groups -OCH3 is 1. The van der Waals surface area contributed by atoms with E-state index in [1.54, 1.807) is 7.11 Å². The zero-order chi connectivity index (χ0) is 17.8. The quantitative estimate of drug-likeness (QED) is 0.777. The molecule has 2 aliphatic heterocycles. The van der Waals surface area contributed by atoms with Crippen LogP contribution in [-0.2, 0) is 9.53 Å². The van der Waals surface area contributed by atoms with E-state index in [1.165, 1.54) is 12.4 Å². The predicted octanol–water partition coefficient (Wildman–Crippen LogP) is -0.231. The first kappa shape index (κ1) is 18.0. The molecular weight excluding hydrogens is 329 g/mol. The number of carboxylic acids is 1. The van der Waals surface area contributed by atoms with Crippen molar-refractivity contribution < 1.29 is 19.0 Å². The average molecular weight is 353 g/mol. The van der Waals surface area contributed by atoms with Crippen molar-refractivity contribution in [3.05, 3.63) is 18.2 Å². The minimum atomic E-state index is -0.757. The maximum Gasteiger partial charge on any atom is 0.309 e. The molecule has 25 heavy (non-hydrogen) atoms. The van der Waals surface area contributed by atoms with Crippen molar-refractivity contribution in [2.75, 3.05) is 64.4 Å². The molecule has 0 unspecified atom stereocenters. The number of aliphatic carboxylic acids is 1. The van der Waals surface area contributed by atoms with Crippen LogP contribution in [0.15, 0.2) is 12.4 Å². The third-order valence-corrected chi connectivity index (χ3v) is 4.86. The number of halogens is 1. The molecule has 3 heterocycles. The largest absolute Gasteiger partial charge is 0.481 e. The van der Waals surface area contributed by atoms with Crippen LogP contribution in [0.1, 0.15) is 0 Å². The van der Waals surface area contributed by atoms with Crippen molar-refractivity contribution in [2.24, 2.45) is 5.92 Å². The minimum Gasteiger partial charge on any atom is -0.481 e. The maximum atomic E-state index is 13.0. The lowest BCUT2D eigenvalue weighted by atomic mass is 10.1. The molecule has 0 bridgehead atoms. The van der Waals surface area contributed by atoms with Gasteiger partial charge in [0.25, 0.3) is 0 Å². The van der Waals surface area contributed by atoms with Crippen molar-refractivity contribution in [1.82, 2.24) is 19.8 Å². The summed E-state index contributed by atoms with van der Waals surface area (Å²) >= 11 is 0. The average Bonchev–Trinajstić information content (AvgIpc) is 2.79. The Hall–Kier alpha value is -1.84. The summed E-state index contributed by atoms with van der Waals surface area (Å²) in [6.07, 6.45) is 2.35. The molecule has 138 valence electrons. The van der Waals surface area contributed by atoms with Gasteiger partial charge in [0.1, 0.15) is 0 Å². The molecule has 1 N–H and O–H groups in total. The topological polar surface area (TPSA) is 82.0 Å². The third-order valence-electron chi connectivity index (χ3n) is 4.86. The lowest BCUT2D eigenvalue weighted by molar-refractivity contribution is -0.142. The smallest absolute Gasteiger partial charge is 0.309 e. The molecule has 0 spiro atoms. The van der Waals surface area contributed by atoms with Gasteiger partial charge in [-0.25, -0.2) is 14.4 Å². The Balaban J connectivity index is 1.72. The summed E-state index contributed by atoms with van der Waals surface area (Å²) in [6.45, 7) is 5.26. The molecule has 2 atom stereocenters. The van der Waals surface area contributed by atoms with E-state index in [0.29, 0.717) is 45.3 Å². The zero-order valence-electron chi connectivity index (χ0n) is 14.3. The lowest BCUT2D eigenvalue weighted by Gasteiger charge is -2.41. The molecule has 1 aromatic heterocycles. The third kappa shape index (κ3) is 4.42. The summed E-state index contributed by atoms with van der Waals surface area (Å²) in [5.41, 5.74) is 0. The number of piperazine rings is 1. The van der Waals surface area contributed by atoms with E-state index >= 15 is 0 Å². The molecule has 2 saturated heterocycles. The zero-order valence-corrected chi connectivity index (χ0v) is 14.3. The van der Waals surface area contributed by atoms with Gasteiger partial charge in [-0.05, 0) is 0 Å². The van der Waals surface area contributed by atoms with Gasteiger partial charge in [0.15, 0.2) is 5.82 Å². The van der Waals surface area contributed by atoms with Gasteiger partial charge in [-0.3, -0.25) is 14.6 Å². The van der Waals surface area contributed by atoms with Crippen molar-refractivity contribution >= 4 is 11.9 Å². The summed E-state index contributed by atoms with van der Waals surface area (Å²) in [4.78, 5) is 26.1. The van der Waals surface area contributed by atoms with Crippen LogP contribution in [0, 0.1) is 11.7 Å². The first-order chi connectivity index (χ1) is 12.1. The predicted molar refractivity (Wildman–Crippen MR) is 89.0 cm³/mol. The van der Waals surface area contributed by atoms with Crippen LogP contribution in [0.3, 0.4) is 0 Å². The van der Waals surface area contributed by atoms with Gasteiger partial charge < -0.3 is 14.7 Å². The molecule has 0 aromatic carbocycles. The molecular formula is C16H24FN5O3. The van der Waals surface area contributed by atoms with Gasteiger partial charge in [-0.2, -0.15) is 0 Å². The molecule has 1 aromatic rings. The second-order valence-electron chi connectivity index (χ2n) is 6.58.